The van der Waals surface area contributed by atoms with Crippen LogP contribution in [0.3, 0.4) is 0 Å². The van der Waals surface area contributed by atoms with Crippen molar-refractivity contribution in [3.8, 4) is 22.9 Å². The lowest BCUT2D eigenvalue weighted by atomic mass is 10.1. The molecule has 0 aliphatic carbocycles. The molecule has 0 fully saturated rings. The van der Waals surface area contributed by atoms with Crippen LogP contribution >= 0.6 is 15.9 Å². The first-order valence-electron chi connectivity index (χ1n) is 6.40. The van der Waals surface area contributed by atoms with Crippen LogP contribution in [-0.4, -0.2) is 16.8 Å². The molecule has 1 aliphatic heterocycles. The topological polar surface area (TPSA) is 70.3 Å². The number of halogens is 1. The quantitative estimate of drug-likeness (QED) is 0.932. The minimum Gasteiger partial charge on any atom is -0.454 e. The maximum Gasteiger partial charge on any atom is 0.231 e. The summed E-state index contributed by atoms with van der Waals surface area (Å²) in [5, 5.41) is 0. The smallest absolute Gasteiger partial charge is 0.231 e. The third kappa shape index (κ3) is 2.43. The molecule has 104 valence electrons. The molecule has 0 spiro atoms. The largest absolute Gasteiger partial charge is 0.454 e. The molecule has 2 N–H and O–H groups in total. The van der Waals surface area contributed by atoms with Gasteiger partial charge >= 0.3 is 0 Å². The number of hydrogen-bond donors (Lipinski definition) is 1. The van der Waals surface area contributed by atoms with Crippen LogP contribution < -0.4 is 15.2 Å². The number of fused-ring (bicyclic) bond motifs is 1. The standard InChI is InChI=1S/C14H14BrN3O2/c1-2-3-9-6-12(16)18-14(17-9)8-4-10(15)13-11(5-8)19-7-20-13/h4-6H,2-3,7H2,1H3,(H2,16,17,18). The summed E-state index contributed by atoms with van der Waals surface area (Å²) in [6.07, 6.45) is 1.90. The molecule has 6 heteroatoms. The molecule has 0 saturated heterocycles. The Bertz CT molecular complexity index is 661. The molecule has 3 rings (SSSR count). The zero-order valence-corrected chi connectivity index (χ0v) is 12.6. The minimum atomic E-state index is 0.232. The van der Waals surface area contributed by atoms with Crippen LogP contribution in [-0.2, 0) is 6.42 Å². The Morgan fingerprint density at radius 3 is 2.90 bits per heavy atom. The highest BCUT2D eigenvalue weighted by Crippen LogP contribution is 2.42. The molecule has 1 aromatic heterocycles. The van der Waals surface area contributed by atoms with E-state index in [1.165, 1.54) is 0 Å². The fraction of sp³-hybridized carbons (Fsp3) is 0.286. The van der Waals surface area contributed by atoms with Crippen molar-refractivity contribution in [2.75, 3.05) is 12.5 Å². The van der Waals surface area contributed by atoms with E-state index in [9.17, 15) is 0 Å². The minimum absolute atomic E-state index is 0.232. The van der Waals surface area contributed by atoms with Crippen molar-refractivity contribution in [3.05, 3.63) is 28.4 Å². The number of aromatic nitrogens is 2. The molecule has 1 aromatic carbocycles. The van der Waals surface area contributed by atoms with E-state index in [1.54, 1.807) is 0 Å². The van der Waals surface area contributed by atoms with Crippen molar-refractivity contribution in [1.29, 1.82) is 0 Å². The Hall–Kier alpha value is -1.82. The maximum atomic E-state index is 5.86. The Morgan fingerprint density at radius 1 is 1.25 bits per heavy atom. The second-order valence-electron chi connectivity index (χ2n) is 4.55. The highest BCUT2D eigenvalue weighted by Gasteiger charge is 2.19. The average Bonchev–Trinajstić information content (AvgIpc) is 2.87. The van der Waals surface area contributed by atoms with Crippen molar-refractivity contribution in [2.24, 2.45) is 0 Å². The van der Waals surface area contributed by atoms with Crippen LogP contribution in [0, 0.1) is 0 Å². The number of nitrogens with zero attached hydrogens (tertiary/aromatic N) is 2. The SMILES string of the molecule is CCCc1cc(N)nc(-c2cc(Br)c3c(c2)OCO3)n1. The molecule has 1 aliphatic rings. The molecular formula is C14H14BrN3O2. The average molecular weight is 336 g/mol. The molecule has 2 aromatic rings. The van der Waals surface area contributed by atoms with E-state index in [1.807, 2.05) is 18.2 Å². The molecule has 0 atom stereocenters. The summed E-state index contributed by atoms with van der Waals surface area (Å²) in [6.45, 7) is 2.34. The Labute approximate surface area is 125 Å². The zero-order valence-electron chi connectivity index (χ0n) is 11.0. The predicted octanol–water partition coefficient (Wildman–Crippen LogP) is 3.17. The van der Waals surface area contributed by atoms with E-state index in [-0.39, 0.29) is 6.79 Å². The maximum absolute atomic E-state index is 5.86. The second kappa shape index (κ2) is 5.28. The van der Waals surface area contributed by atoms with E-state index >= 15 is 0 Å². The normalized spacial score (nSPS) is 12.7. The van der Waals surface area contributed by atoms with E-state index < -0.39 is 0 Å². The second-order valence-corrected chi connectivity index (χ2v) is 5.40. The van der Waals surface area contributed by atoms with Gasteiger partial charge in [-0.15, -0.1) is 0 Å². The number of benzene rings is 1. The van der Waals surface area contributed by atoms with Crippen LogP contribution in [0.1, 0.15) is 19.0 Å². The van der Waals surface area contributed by atoms with Gasteiger partial charge in [0, 0.05) is 17.3 Å². The fourth-order valence-corrected chi connectivity index (χ4v) is 2.68. The van der Waals surface area contributed by atoms with Gasteiger partial charge in [0.15, 0.2) is 17.3 Å². The monoisotopic (exact) mass is 335 g/mol. The summed E-state index contributed by atoms with van der Waals surface area (Å²) in [5.74, 6) is 2.49. The van der Waals surface area contributed by atoms with Gasteiger partial charge in [-0.1, -0.05) is 13.3 Å². The Morgan fingerprint density at radius 2 is 2.10 bits per heavy atom. The van der Waals surface area contributed by atoms with Crippen LogP contribution in [0.5, 0.6) is 11.5 Å². The van der Waals surface area contributed by atoms with Crippen LogP contribution in [0.2, 0.25) is 0 Å². The van der Waals surface area contributed by atoms with Gasteiger partial charge in [0.05, 0.1) is 4.47 Å². The number of nitrogen functional groups attached to an aromatic ring is 1. The first kappa shape index (κ1) is 13.2. The lowest BCUT2D eigenvalue weighted by molar-refractivity contribution is 0.173. The molecule has 0 amide bonds. The van der Waals surface area contributed by atoms with Crippen molar-refractivity contribution >= 4 is 21.7 Å². The number of rotatable bonds is 3. The van der Waals surface area contributed by atoms with Crippen molar-refractivity contribution in [1.82, 2.24) is 9.97 Å². The number of hydrogen-bond acceptors (Lipinski definition) is 5. The lowest BCUT2D eigenvalue weighted by Crippen LogP contribution is -2.00. The predicted molar refractivity (Wildman–Crippen MR) is 79.7 cm³/mol. The van der Waals surface area contributed by atoms with Gasteiger partial charge in [0.1, 0.15) is 5.82 Å². The molecule has 0 unspecified atom stereocenters. The van der Waals surface area contributed by atoms with Crippen molar-refractivity contribution < 1.29 is 9.47 Å². The Kier molecular flexibility index (Phi) is 3.48. The van der Waals surface area contributed by atoms with E-state index in [2.05, 4.69) is 32.8 Å². The van der Waals surface area contributed by atoms with E-state index in [4.69, 9.17) is 15.2 Å². The fourth-order valence-electron chi connectivity index (χ4n) is 2.13. The van der Waals surface area contributed by atoms with Crippen LogP contribution in [0.15, 0.2) is 22.7 Å². The van der Waals surface area contributed by atoms with E-state index in [0.717, 1.165) is 28.6 Å². The zero-order chi connectivity index (χ0) is 14.1. The third-order valence-electron chi connectivity index (χ3n) is 2.99. The summed E-state index contributed by atoms with van der Waals surface area (Å²) in [6, 6.07) is 5.60. The molecule has 2 heterocycles. The highest BCUT2D eigenvalue weighted by molar-refractivity contribution is 9.10. The molecule has 5 nitrogen and oxygen atoms in total. The van der Waals surface area contributed by atoms with Gasteiger partial charge in [-0.3, -0.25) is 0 Å². The lowest BCUT2D eigenvalue weighted by Gasteiger charge is -2.07. The molecular weight excluding hydrogens is 322 g/mol. The highest BCUT2D eigenvalue weighted by atomic mass is 79.9. The van der Waals surface area contributed by atoms with Gasteiger partial charge in [0.2, 0.25) is 6.79 Å². The third-order valence-corrected chi connectivity index (χ3v) is 3.58. The summed E-state index contributed by atoms with van der Waals surface area (Å²) in [4.78, 5) is 8.85. The number of anilines is 1. The van der Waals surface area contributed by atoms with Gasteiger partial charge < -0.3 is 15.2 Å². The number of aryl methyl sites for hydroxylation is 1. The van der Waals surface area contributed by atoms with Crippen molar-refractivity contribution in [2.45, 2.75) is 19.8 Å². The first-order chi connectivity index (χ1) is 9.67. The summed E-state index contributed by atoms with van der Waals surface area (Å²) in [5.41, 5.74) is 7.66. The molecule has 20 heavy (non-hydrogen) atoms. The summed E-state index contributed by atoms with van der Waals surface area (Å²) < 4.78 is 11.6. The van der Waals surface area contributed by atoms with Gasteiger partial charge in [0.25, 0.3) is 0 Å². The number of ether oxygens (including phenoxy) is 2. The van der Waals surface area contributed by atoms with Gasteiger partial charge in [-0.05, 0) is 34.5 Å². The van der Waals surface area contributed by atoms with Crippen LogP contribution in [0.4, 0.5) is 5.82 Å². The molecule has 0 radical (unpaired) electrons. The van der Waals surface area contributed by atoms with Crippen LogP contribution in [0.25, 0.3) is 11.4 Å². The molecule has 0 bridgehead atoms. The Balaban J connectivity index is 2.07. The van der Waals surface area contributed by atoms with E-state index in [0.29, 0.717) is 23.1 Å². The first-order valence-corrected chi connectivity index (χ1v) is 7.19. The summed E-state index contributed by atoms with van der Waals surface area (Å²) >= 11 is 3.47. The number of nitrogens with two attached hydrogens (primary N) is 1. The summed E-state index contributed by atoms with van der Waals surface area (Å²) in [7, 11) is 0. The van der Waals surface area contributed by atoms with Gasteiger partial charge in [-0.2, -0.15) is 0 Å². The molecule has 0 saturated carbocycles. The van der Waals surface area contributed by atoms with Gasteiger partial charge in [-0.25, -0.2) is 9.97 Å². The van der Waals surface area contributed by atoms with Crippen molar-refractivity contribution in [3.63, 3.8) is 0 Å².